The molecule has 0 spiro atoms. The molecule has 5 amide bonds. The Bertz CT molecular complexity index is 1970. The minimum absolute atomic E-state index is 0.0977. The van der Waals surface area contributed by atoms with Gasteiger partial charge in [0.15, 0.2) is 0 Å². The molecule has 4 fully saturated rings. The van der Waals surface area contributed by atoms with Gasteiger partial charge < -0.3 is 25.3 Å². The number of piperazine rings is 1. The van der Waals surface area contributed by atoms with Crippen LogP contribution in [0.15, 0.2) is 48.7 Å². The standard InChI is InChI=1S/C40H47N9O5/c1-45-16-18-47(19-17-45)34-22-42-36(37(41)51)32(43-34)20-25-2-4-27(5-3-25)28-11-13-46(14-12-28)23-26-10-15-48(24-26)29-6-7-30-31(21-29)40(54)49(39(30)53)33-8-9-35(50)44-38(33)52/h2-7,21-22,26,28,33H,8-20,23-24H2,1H3,(H2,41,51)(H,44,50,52)/t26-,33?/m1/s1. The topological polar surface area (TPSA) is 165 Å². The number of benzene rings is 2. The van der Waals surface area contributed by atoms with Crippen LogP contribution in [0.4, 0.5) is 11.5 Å². The summed E-state index contributed by atoms with van der Waals surface area (Å²) in [6, 6.07) is 13.1. The summed E-state index contributed by atoms with van der Waals surface area (Å²) in [7, 11) is 2.11. The number of fused-ring (bicyclic) bond motifs is 1. The van der Waals surface area contributed by atoms with Crippen molar-refractivity contribution >= 4 is 41.0 Å². The number of likely N-dealkylation sites (N-methyl/N-ethyl adjacent to an activating group) is 1. The molecule has 4 saturated heterocycles. The molecule has 2 aromatic carbocycles. The molecular weight excluding hydrogens is 686 g/mol. The first-order valence-corrected chi connectivity index (χ1v) is 19.1. The molecule has 1 aromatic heterocycles. The van der Waals surface area contributed by atoms with E-state index in [0.29, 0.717) is 35.1 Å². The number of rotatable bonds is 9. The lowest BCUT2D eigenvalue weighted by molar-refractivity contribution is -0.136. The summed E-state index contributed by atoms with van der Waals surface area (Å²) in [6.07, 6.45) is 5.62. The van der Waals surface area contributed by atoms with Crippen LogP contribution in [0.5, 0.6) is 0 Å². The number of nitrogens with one attached hydrogen (secondary N) is 1. The van der Waals surface area contributed by atoms with Crippen LogP contribution in [0.25, 0.3) is 0 Å². The zero-order valence-electron chi connectivity index (χ0n) is 30.7. The van der Waals surface area contributed by atoms with Gasteiger partial charge in [0.05, 0.1) is 23.0 Å². The maximum atomic E-state index is 13.3. The van der Waals surface area contributed by atoms with Crippen molar-refractivity contribution in [2.75, 3.05) is 75.8 Å². The van der Waals surface area contributed by atoms with E-state index in [-0.39, 0.29) is 24.4 Å². The van der Waals surface area contributed by atoms with Gasteiger partial charge >= 0.3 is 0 Å². The van der Waals surface area contributed by atoms with Crippen molar-refractivity contribution in [3.63, 3.8) is 0 Å². The number of carbonyl (C=O) groups is 5. The third-order valence-electron chi connectivity index (χ3n) is 11.9. The van der Waals surface area contributed by atoms with E-state index in [1.807, 2.05) is 6.07 Å². The summed E-state index contributed by atoms with van der Waals surface area (Å²) in [5, 5.41) is 2.25. The van der Waals surface area contributed by atoms with Gasteiger partial charge in [0.25, 0.3) is 17.7 Å². The number of nitrogens with zero attached hydrogens (tertiary/aromatic N) is 7. The summed E-state index contributed by atoms with van der Waals surface area (Å²) in [6.45, 7) is 8.47. The Morgan fingerprint density at radius 3 is 2.31 bits per heavy atom. The lowest BCUT2D eigenvalue weighted by Crippen LogP contribution is -2.54. The molecule has 54 heavy (non-hydrogen) atoms. The minimum atomic E-state index is -0.965. The van der Waals surface area contributed by atoms with E-state index in [2.05, 4.69) is 61.2 Å². The fourth-order valence-corrected chi connectivity index (χ4v) is 8.72. The Morgan fingerprint density at radius 2 is 1.59 bits per heavy atom. The highest BCUT2D eigenvalue weighted by Gasteiger charge is 2.45. The number of piperidine rings is 2. The van der Waals surface area contributed by atoms with Crippen LogP contribution in [0, 0.1) is 5.92 Å². The van der Waals surface area contributed by atoms with E-state index in [1.165, 1.54) is 5.56 Å². The van der Waals surface area contributed by atoms with E-state index in [0.717, 1.165) is 100 Å². The molecule has 5 aliphatic heterocycles. The Labute approximate surface area is 314 Å². The molecule has 282 valence electrons. The maximum absolute atomic E-state index is 13.3. The third-order valence-corrected chi connectivity index (χ3v) is 11.9. The zero-order chi connectivity index (χ0) is 37.5. The number of hydrogen-bond donors (Lipinski definition) is 2. The van der Waals surface area contributed by atoms with Crippen LogP contribution < -0.4 is 20.9 Å². The fourth-order valence-electron chi connectivity index (χ4n) is 8.72. The predicted octanol–water partition coefficient (Wildman–Crippen LogP) is 2.03. The van der Waals surface area contributed by atoms with Gasteiger partial charge in [0, 0.05) is 64.3 Å². The Kier molecular flexibility index (Phi) is 9.88. The average molecular weight is 734 g/mol. The van der Waals surface area contributed by atoms with Gasteiger partial charge in [-0.3, -0.25) is 34.2 Å². The Morgan fingerprint density at radius 1 is 0.852 bits per heavy atom. The molecule has 0 aliphatic carbocycles. The minimum Gasteiger partial charge on any atom is -0.371 e. The van der Waals surface area contributed by atoms with E-state index < -0.39 is 29.7 Å². The van der Waals surface area contributed by atoms with Gasteiger partial charge in [-0.1, -0.05) is 24.3 Å². The molecule has 3 aromatic rings. The van der Waals surface area contributed by atoms with Crippen molar-refractivity contribution in [1.29, 1.82) is 0 Å². The number of hydrogen-bond acceptors (Lipinski definition) is 11. The van der Waals surface area contributed by atoms with Crippen molar-refractivity contribution in [3.8, 4) is 0 Å². The van der Waals surface area contributed by atoms with E-state index in [9.17, 15) is 24.0 Å². The third kappa shape index (κ3) is 7.19. The summed E-state index contributed by atoms with van der Waals surface area (Å²) in [5.74, 6) is -0.733. The highest BCUT2D eigenvalue weighted by Crippen LogP contribution is 2.34. The monoisotopic (exact) mass is 733 g/mol. The smallest absolute Gasteiger partial charge is 0.269 e. The fraction of sp³-hybridized carbons (Fsp3) is 0.475. The van der Waals surface area contributed by atoms with Crippen molar-refractivity contribution in [2.24, 2.45) is 11.7 Å². The van der Waals surface area contributed by atoms with Crippen molar-refractivity contribution in [3.05, 3.63) is 82.3 Å². The number of aromatic nitrogens is 2. The molecule has 1 unspecified atom stereocenters. The van der Waals surface area contributed by atoms with Crippen LogP contribution >= 0.6 is 0 Å². The summed E-state index contributed by atoms with van der Waals surface area (Å²) >= 11 is 0. The van der Waals surface area contributed by atoms with Crippen molar-refractivity contribution in [2.45, 2.75) is 50.5 Å². The highest BCUT2D eigenvalue weighted by atomic mass is 16.2. The first-order valence-electron chi connectivity index (χ1n) is 19.1. The van der Waals surface area contributed by atoms with E-state index in [1.54, 1.807) is 18.3 Å². The largest absolute Gasteiger partial charge is 0.371 e. The first kappa shape index (κ1) is 35.8. The predicted molar refractivity (Wildman–Crippen MR) is 201 cm³/mol. The molecule has 6 heterocycles. The van der Waals surface area contributed by atoms with Gasteiger partial charge in [-0.25, -0.2) is 9.97 Å². The molecule has 5 aliphatic rings. The Hall–Kier alpha value is -5.21. The number of likely N-dealkylation sites (tertiary alicyclic amines) is 1. The number of carbonyl (C=O) groups excluding carboxylic acids is 5. The molecule has 2 atom stereocenters. The van der Waals surface area contributed by atoms with Gasteiger partial charge in [-0.15, -0.1) is 0 Å². The molecule has 0 bridgehead atoms. The van der Waals surface area contributed by atoms with Crippen LogP contribution in [-0.2, 0) is 16.0 Å². The average Bonchev–Trinajstić information content (AvgIpc) is 3.74. The molecular formula is C40H47N9O5. The molecule has 0 radical (unpaired) electrons. The molecule has 14 heteroatoms. The molecule has 0 saturated carbocycles. The molecule has 14 nitrogen and oxygen atoms in total. The summed E-state index contributed by atoms with van der Waals surface area (Å²) in [5.41, 5.74) is 10.5. The normalized spacial score (nSPS) is 22.9. The second-order valence-corrected chi connectivity index (χ2v) is 15.4. The number of amides is 5. The SMILES string of the molecule is CN1CCN(c2cnc(C(N)=O)c(Cc3ccc(C4CCN(C[C@H]5CCN(c6ccc7c(c6)C(=O)N(C6CCC(=O)NC6=O)C7=O)C5)CC4)cc3)n2)CC1. The first-order chi connectivity index (χ1) is 26.1. The van der Waals surface area contributed by atoms with Crippen LogP contribution in [0.1, 0.15) is 86.0 Å². The van der Waals surface area contributed by atoms with E-state index >= 15 is 0 Å². The van der Waals surface area contributed by atoms with E-state index in [4.69, 9.17) is 10.7 Å². The second-order valence-electron chi connectivity index (χ2n) is 15.4. The molecule has 3 N–H and O–H groups in total. The maximum Gasteiger partial charge on any atom is 0.269 e. The van der Waals surface area contributed by atoms with Crippen molar-refractivity contribution < 1.29 is 24.0 Å². The van der Waals surface area contributed by atoms with Crippen molar-refractivity contribution in [1.82, 2.24) is 30.0 Å². The number of primary amides is 1. The van der Waals surface area contributed by atoms with Gasteiger partial charge in [0.2, 0.25) is 11.8 Å². The number of nitrogens with two attached hydrogens (primary N) is 1. The van der Waals surface area contributed by atoms with Crippen LogP contribution in [0.3, 0.4) is 0 Å². The lowest BCUT2D eigenvalue weighted by atomic mass is 9.88. The number of imide groups is 2. The molecule has 8 rings (SSSR count). The summed E-state index contributed by atoms with van der Waals surface area (Å²) < 4.78 is 0. The van der Waals surface area contributed by atoms with Gasteiger partial charge in [-0.2, -0.15) is 0 Å². The van der Waals surface area contributed by atoms with Gasteiger partial charge in [-0.05, 0) is 87.0 Å². The van der Waals surface area contributed by atoms with Crippen LogP contribution in [0.2, 0.25) is 0 Å². The lowest BCUT2D eigenvalue weighted by Gasteiger charge is -2.34. The Balaban J connectivity index is 0.833. The van der Waals surface area contributed by atoms with Crippen LogP contribution in [-0.4, -0.2) is 126 Å². The second kappa shape index (κ2) is 14.9. The highest BCUT2D eigenvalue weighted by molar-refractivity contribution is 6.23. The summed E-state index contributed by atoms with van der Waals surface area (Å²) in [4.78, 5) is 82.4. The zero-order valence-corrected chi connectivity index (χ0v) is 30.7. The quantitative estimate of drug-likeness (QED) is 0.309. The number of anilines is 2. The van der Waals surface area contributed by atoms with Gasteiger partial charge in [0.1, 0.15) is 17.6 Å².